The third kappa shape index (κ3) is 3.54. The van der Waals surface area contributed by atoms with Crippen molar-refractivity contribution in [1.82, 2.24) is 0 Å². The molecule has 1 heterocycles. The maximum atomic E-state index is 7.66. The van der Waals surface area contributed by atoms with Gasteiger partial charge in [0.05, 0.1) is 0 Å². The minimum atomic E-state index is 0.127. The van der Waals surface area contributed by atoms with Crippen LogP contribution in [0.15, 0.2) is 59.6 Å². The number of benzene rings is 3. The van der Waals surface area contributed by atoms with Crippen LogP contribution in [0.4, 0.5) is 0 Å². The van der Waals surface area contributed by atoms with Gasteiger partial charge in [-0.25, -0.2) is 0 Å². The lowest BCUT2D eigenvalue weighted by Gasteiger charge is -2.27. The van der Waals surface area contributed by atoms with Crippen molar-refractivity contribution < 1.29 is 0 Å². The van der Waals surface area contributed by atoms with Gasteiger partial charge in [0.25, 0.3) is 0 Å². The van der Waals surface area contributed by atoms with E-state index in [1.54, 1.807) is 0 Å². The molecule has 2 fully saturated rings. The highest BCUT2D eigenvalue weighted by Gasteiger charge is 2.40. The van der Waals surface area contributed by atoms with Crippen molar-refractivity contribution in [1.29, 1.82) is 5.41 Å². The second-order valence-corrected chi connectivity index (χ2v) is 9.95. The molecule has 2 aliphatic carbocycles. The van der Waals surface area contributed by atoms with Gasteiger partial charge in [0.15, 0.2) is 0 Å². The third-order valence-electron chi connectivity index (χ3n) is 7.88. The van der Waals surface area contributed by atoms with Crippen molar-refractivity contribution in [2.24, 2.45) is 16.6 Å². The second-order valence-electron chi connectivity index (χ2n) is 9.95. The van der Waals surface area contributed by atoms with E-state index in [0.717, 1.165) is 23.9 Å². The highest BCUT2D eigenvalue weighted by atomic mass is 14.8. The van der Waals surface area contributed by atoms with Crippen molar-refractivity contribution in [3.8, 4) is 0 Å². The van der Waals surface area contributed by atoms with Crippen molar-refractivity contribution in [3.63, 3.8) is 0 Å². The maximum Gasteiger partial charge on any atom is 0.122 e. The molecule has 0 aromatic heterocycles. The fourth-order valence-electron chi connectivity index (χ4n) is 6.00. The van der Waals surface area contributed by atoms with Crippen LogP contribution >= 0.6 is 0 Å². The first-order valence-electron chi connectivity index (χ1n) is 12.2. The first-order chi connectivity index (χ1) is 15.7. The minimum Gasteiger partial charge on any atom is -0.384 e. The van der Waals surface area contributed by atoms with E-state index < -0.39 is 0 Å². The molecule has 6 rings (SSSR count). The van der Waals surface area contributed by atoms with Crippen molar-refractivity contribution >= 4 is 22.3 Å². The predicted octanol–water partition coefficient (Wildman–Crippen LogP) is 6.32. The SMILES string of the molecule is N=C(N)c1ccc2cc(C3CC3c3ccc4c(c3)CCN=C4C3CCCCC3)ccc2c1. The van der Waals surface area contributed by atoms with Crippen LogP contribution in [0.25, 0.3) is 10.8 Å². The number of hydrogen-bond acceptors (Lipinski definition) is 2. The van der Waals surface area contributed by atoms with E-state index in [4.69, 9.17) is 16.1 Å². The highest BCUT2D eigenvalue weighted by Crippen LogP contribution is 2.55. The molecule has 3 nitrogen and oxygen atoms in total. The van der Waals surface area contributed by atoms with Gasteiger partial charge in [0, 0.05) is 23.7 Å². The Morgan fingerprint density at radius 3 is 2.38 bits per heavy atom. The molecule has 3 heteroatoms. The molecule has 0 spiro atoms. The molecule has 0 bridgehead atoms. The Balaban J connectivity index is 1.23. The highest BCUT2D eigenvalue weighted by molar-refractivity contribution is 6.04. The van der Waals surface area contributed by atoms with E-state index in [9.17, 15) is 0 Å². The summed E-state index contributed by atoms with van der Waals surface area (Å²) in [5.41, 5.74) is 13.8. The Morgan fingerprint density at radius 2 is 1.56 bits per heavy atom. The van der Waals surface area contributed by atoms with E-state index >= 15 is 0 Å². The van der Waals surface area contributed by atoms with Gasteiger partial charge in [-0.15, -0.1) is 0 Å². The van der Waals surface area contributed by atoms with Crippen LogP contribution in [-0.2, 0) is 6.42 Å². The van der Waals surface area contributed by atoms with E-state index in [1.165, 1.54) is 71.9 Å². The maximum absolute atomic E-state index is 7.66. The number of hydrogen-bond donors (Lipinski definition) is 2. The zero-order valence-corrected chi connectivity index (χ0v) is 18.6. The predicted molar refractivity (Wildman–Crippen MR) is 133 cm³/mol. The number of rotatable bonds is 4. The van der Waals surface area contributed by atoms with Crippen LogP contribution in [0.2, 0.25) is 0 Å². The number of nitrogens with zero attached hydrogens (tertiary/aromatic N) is 1. The van der Waals surface area contributed by atoms with Gasteiger partial charge >= 0.3 is 0 Å². The average molecular weight is 422 g/mol. The number of nitrogens with one attached hydrogen (secondary N) is 1. The van der Waals surface area contributed by atoms with Crippen LogP contribution in [0.3, 0.4) is 0 Å². The molecule has 3 aromatic rings. The van der Waals surface area contributed by atoms with Crippen molar-refractivity contribution in [3.05, 3.63) is 82.4 Å². The fourth-order valence-corrected chi connectivity index (χ4v) is 6.00. The molecule has 162 valence electrons. The Hall–Kier alpha value is -2.94. The molecule has 3 aliphatic rings. The molecular formula is C29H31N3. The quantitative estimate of drug-likeness (QED) is 0.376. The van der Waals surface area contributed by atoms with Crippen LogP contribution < -0.4 is 5.73 Å². The monoisotopic (exact) mass is 421 g/mol. The second kappa shape index (κ2) is 7.88. The molecule has 3 aromatic carbocycles. The summed E-state index contributed by atoms with van der Waals surface area (Å²) < 4.78 is 0. The molecule has 2 saturated carbocycles. The van der Waals surface area contributed by atoms with Gasteiger partial charge in [-0.05, 0) is 76.6 Å². The smallest absolute Gasteiger partial charge is 0.122 e. The largest absolute Gasteiger partial charge is 0.384 e. The van der Waals surface area contributed by atoms with Gasteiger partial charge in [-0.1, -0.05) is 67.8 Å². The van der Waals surface area contributed by atoms with Crippen LogP contribution in [0.1, 0.15) is 78.2 Å². The Kier molecular flexibility index (Phi) is 4.86. The first kappa shape index (κ1) is 19.7. The lowest BCUT2D eigenvalue weighted by molar-refractivity contribution is 0.438. The lowest BCUT2D eigenvalue weighted by Crippen LogP contribution is -2.24. The molecule has 2 unspecified atom stereocenters. The minimum absolute atomic E-state index is 0.127. The molecule has 2 atom stereocenters. The summed E-state index contributed by atoms with van der Waals surface area (Å²) in [6.07, 6.45) is 9.09. The van der Waals surface area contributed by atoms with Crippen LogP contribution in [0, 0.1) is 11.3 Å². The van der Waals surface area contributed by atoms with Gasteiger partial charge in [0.1, 0.15) is 5.84 Å². The van der Waals surface area contributed by atoms with Crippen molar-refractivity contribution in [2.75, 3.05) is 6.54 Å². The summed E-state index contributed by atoms with van der Waals surface area (Å²) in [7, 11) is 0. The van der Waals surface area contributed by atoms with E-state index in [-0.39, 0.29) is 5.84 Å². The topological polar surface area (TPSA) is 62.2 Å². The third-order valence-corrected chi connectivity index (χ3v) is 7.88. The summed E-state index contributed by atoms with van der Waals surface area (Å²) in [5.74, 6) is 2.05. The lowest BCUT2D eigenvalue weighted by atomic mass is 9.80. The Labute approximate surface area is 190 Å². The van der Waals surface area contributed by atoms with E-state index in [2.05, 4.69) is 42.5 Å². The molecule has 0 saturated heterocycles. The molecule has 32 heavy (non-hydrogen) atoms. The van der Waals surface area contributed by atoms with Gasteiger partial charge in [-0.3, -0.25) is 10.4 Å². The number of nitrogens with two attached hydrogens (primary N) is 1. The van der Waals surface area contributed by atoms with Crippen LogP contribution in [-0.4, -0.2) is 18.1 Å². The summed E-state index contributed by atoms with van der Waals surface area (Å²) in [6, 6.07) is 20.1. The number of nitrogen functional groups attached to an aromatic ring is 1. The molecule has 1 aliphatic heterocycles. The molecular weight excluding hydrogens is 390 g/mol. The summed E-state index contributed by atoms with van der Waals surface area (Å²) in [6.45, 7) is 0.962. The van der Waals surface area contributed by atoms with Crippen LogP contribution in [0.5, 0.6) is 0 Å². The summed E-state index contributed by atoms with van der Waals surface area (Å²) >= 11 is 0. The first-order valence-corrected chi connectivity index (χ1v) is 12.2. The number of fused-ring (bicyclic) bond motifs is 2. The molecule has 0 amide bonds. The molecule has 0 radical (unpaired) electrons. The Bertz CT molecular complexity index is 1230. The number of amidine groups is 1. The zero-order valence-electron chi connectivity index (χ0n) is 18.6. The Morgan fingerprint density at radius 1 is 0.844 bits per heavy atom. The van der Waals surface area contributed by atoms with Gasteiger partial charge in [0.2, 0.25) is 0 Å². The fraction of sp³-hybridized carbons (Fsp3) is 0.379. The zero-order chi connectivity index (χ0) is 21.7. The van der Waals surface area contributed by atoms with E-state index in [0.29, 0.717) is 17.8 Å². The number of aliphatic imine (C=N–C) groups is 1. The van der Waals surface area contributed by atoms with Gasteiger partial charge in [-0.2, -0.15) is 0 Å². The standard InChI is InChI=1S/C29H31N3/c30-29(31)24-9-7-19-14-21(8-6-20(19)15-24)26-17-27(26)22-10-11-25-23(16-22)12-13-32-28(25)18-4-2-1-3-5-18/h6-11,14-16,18,26-27H,1-5,12-13,17H2,(H3,30,31). The molecule has 3 N–H and O–H groups in total. The van der Waals surface area contributed by atoms with E-state index in [1.807, 2.05) is 12.1 Å². The normalized spacial score (nSPS) is 22.9. The summed E-state index contributed by atoms with van der Waals surface area (Å²) in [4.78, 5) is 4.99. The van der Waals surface area contributed by atoms with Crippen molar-refractivity contribution in [2.45, 2.75) is 56.8 Å². The average Bonchev–Trinajstić information content (AvgIpc) is 3.64. The van der Waals surface area contributed by atoms with Gasteiger partial charge < -0.3 is 5.73 Å². The summed E-state index contributed by atoms with van der Waals surface area (Å²) in [5, 5.41) is 10.0.